The molecule has 7 N–H and O–H groups in total. The van der Waals surface area contributed by atoms with Crippen LogP contribution in [0.1, 0.15) is 22.9 Å². The maximum absolute atomic E-state index is 11.9. The molecule has 1 amide bonds. The molecule has 0 aliphatic rings. The number of ether oxygens (including phenoxy) is 1. The molecule has 30 heavy (non-hydrogen) atoms. The zero-order valence-electron chi connectivity index (χ0n) is 16.6. The molecule has 8 heteroatoms. The molecule has 0 aliphatic carbocycles. The summed E-state index contributed by atoms with van der Waals surface area (Å²) in [6.07, 6.45) is 3.16. The van der Waals surface area contributed by atoms with Gasteiger partial charge in [0.1, 0.15) is 19.3 Å². The number of rotatable bonds is 9. The van der Waals surface area contributed by atoms with Gasteiger partial charge in [0.05, 0.1) is 18.4 Å². The first kappa shape index (κ1) is 21.2. The predicted molar refractivity (Wildman–Crippen MR) is 112 cm³/mol. The van der Waals surface area contributed by atoms with E-state index in [2.05, 4.69) is 20.6 Å². The average Bonchev–Trinajstić information content (AvgIpc) is 2.77. The Morgan fingerprint density at radius 2 is 2.03 bits per heavy atom. The van der Waals surface area contributed by atoms with Crippen LogP contribution in [0.15, 0.2) is 67.0 Å². The fraction of sp³-hybridized carbons (Fsp3) is 0.227. The smallest absolute Gasteiger partial charge is 0.412 e. The molecule has 2 heterocycles. The molecule has 0 bridgehead atoms. The first-order valence-corrected chi connectivity index (χ1v) is 9.79. The number of pyridine rings is 2. The van der Waals surface area contributed by atoms with Gasteiger partial charge in [-0.3, -0.25) is 16.0 Å². The minimum absolute atomic E-state index is 0.126. The number of aliphatic hydroxyl groups excluding tert-OH is 1. The minimum Gasteiger partial charge on any atom is -0.443 e. The van der Waals surface area contributed by atoms with E-state index in [0.717, 1.165) is 24.1 Å². The number of hydrogen-bond acceptors (Lipinski definition) is 5. The Labute approximate surface area is 175 Å². The van der Waals surface area contributed by atoms with E-state index in [1.165, 1.54) is 0 Å². The quantitative estimate of drug-likeness (QED) is 0.393. The van der Waals surface area contributed by atoms with Crippen LogP contribution in [0, 0.1) is 0 Å². The summed E-state index contributed by atoms with van der Waals surface area (Å²) in [5.41, 5.74) is 8.93. The number of benzene rings is 1. The summed E-state index contributed by atoms with van der Waals surface area (Å²) >= 11 is 0. The average molecular weight is 409 g/mol. The van der Waals surface area contributed by atoms with Crippen molar-refractivity contribution in [1.29, 1.82) is 0 Å². The van der Waals surface area contributed by atoms with Gasteiger partial charge < -0.3 is 15.2 Å². The zero-order valence-corrected chi connectivity index (χ0v) is 16.6. The Balaban J connectivity index is 1.35. The van der Waals surface area contributed by atoms with E-state index >= 15 is 0 Å². The number of nitrogens with one attached hydrogen (secondary N) is 2. The van der Waals surface area contributed by atoms with Gasteiger partial charge in [0.15, 0.2) is 0 Å². The SMILES string of the molecule is Nc1ccc(C(O)C[NH2+]CCc2ccc(NC(=O)OCc3ccccn3)cc2)c[nH+]1. The van der Waals surface area contributed by atoms with E-state index in [-0.39, 0.29) is 6.61 Å². The molecule has 1 unspecified atom stereocenters. The Morgan fingerprint density at radius 1 is 1.20 bits per heavy atom. The summed E-state index contributed by atoms with van der Waals surface area (Å²) in [6, 6.07) is 16.6. The van der Waals surface area contributed by atoms with Crippen LogP contribution in [-0.4, -0.2) is 29.3 Å². The maximum Gasteiger partial charge on any atom is 0.412 e. The molecule has 0 fully saturated rings. The number of anilines is 2. The Bertz CT molecular complexity index is 918. The van der Waals surface area contributed by atoms with Crippen LogP contribution >= 0.6 is 0 Å². The third kappa shape index (κ3) is 6.84. The fourth-order valence-electron chi connectivity index (χ4n) is 2.87. The zero-order chi connectivity index (χ0) is 21.2. The van der Waals surface area contributed by atoms with Gasteiger partial charge in [0, 0.05) is 29.9 Å². The highest BCUT2D eigenvalue weighted by molar-refractivity contribution is 5.84. The Morgan fingerprint density at radius 3 is 2.73 bits per heavy atom. The molecule has 2 aromatic heterocycles. The molecular formula is C22H27N5O3+2. The van der Waals surface area contributed by atoms with Crippen molar-refractivity contribution >= 4 is 17.6 Å². The number of nitrogens with two attached hydrogens (primary N) is 2. The highest BCUT2D eigenvalue weighted by atomic mass is 16.5. The normalized spacial score (nSPS) is 11.6. The van der Waals surface area contributed by atoms with Gasteiger partial charge in [-0.15, -0.1) is 0 Å². The van der Waals surface area contributed by atoms with Gasteiger partial charge in [-0.2, -0.15) is 0 Å². The Hall–Kier alpha value is -3.49. The van der Waals surface area contributed by atoms with Gasteiger partial charge >= 0.3 is 6.09 Å². The van der Waals surface area contributed by atoms with E-state index in [0.29, 0.717) is 23.7 Å². The summed E-state index contributed by atoms with van der Waals surface area (Å²) in [4.78, 5) is 18.9. The topological polar surface area (TPSA) is 128 Å². The number of aromatic amines is 1. The van der Waals surface area contributed by atoms with Crippen molar-refractivity contribution in [3.05, 3.63) is 83.8 Å². The molecule has 3 aromatic rings. The lowest BCUT2D eigenvalue weighted by Gasteiger charge is -2.09. The first-order valence-electron chi connectivity index (χ1n) is 9.79. The van der Waals surface area contributed by atoms with Crippen LogP contribution in [0.3, 0.4) is 0 Å². The van der Waals surface area contributed by atoms with E-state index < -0.39 is 12.2 Å². The molecule has 0 spiro atoms. The third-order valence-corrected chi connectivity index (χ3v) is 4.55. The van der Waals surface area contributed by atoms with Crippen LogP contribution in [0.4, 0.5) is 16.3 Å². The lowest BCUT2D eigenvalue weighted by atomic mass is 10.1. The number of carbonyl (C=O) groups is 1. The number of nitrogens with zero attached hydrogens (tertiary/aromatic N) is 1. The van der Waals surface area contributed by atoms with Gasteiger partial charge in [0.2, 0.25) is 0 Å². The van der Waals surface area contributed by atoms with E-state index in [9.17, 15) is 9.90 Å². The molecular weight excluding hydrogens is 382 g/mol. The summed E-state index contributed by atoms with van der Waals surface area (Å²) in [7, 11) is 0. The molecule has 0 radical (unpaired) electrons. The van der Waals surface area contributed by atoms with Crippen molar-refractivity contribution in [2.75, 3.05) is 24.1 Å². The number of aliphatic hydroxyl groups is 1. The van der Waals surface area contributed by atoms with Crippen LogP contribution in [0.2, 0.25) is 0 Å². The number of aromatic nitrogens is 2. The molecule has 0 aliphatic heterocycles. The van der Waals surface area contributed by atoms with Crippen LogP contribution in [-0.2, 0) is 17.8 Å². The lowest BCUT2D eigenvalue weighted by molar-refractivity contribution is -0.661. The van der Waals surface area contributed by atoms with Gasteiger partial charge in [0.25, 0.3) is 5.82 Å². The third-order valence-electron chi connectivity index (χ3n) is 4.55. The number of hydrogen-bond donors (Lipinski definition) is 4. The monoisotopic (exact) mass is 409 g/mol. The second-order valence-corrected chi connectivity index (χ2v) is 6.88. The molecule has 8 nitrogen and oxygen atoms in total. The molecule has 0 saturated heterocycles. The number of amides is 1. The van der Waals surface area contributed by atoms with E-state index in [1.54, 1.807) is 24.5 Å². The molecule has 1 atom stereocenters. The van der Waals surface area contributed by atoms with Crippen molar-refractivity contribution in [1.82, 2.24) is 4.98 Å². The van der Waals surface area contributed by atoms with Crippen LogP contribution < -0.4 is 21.4 Å². The summed E-state index contributed by atoms with van der Waals surface area (Å²) < 4.78 is 5.16. The molecule has 0 saturated carbocycles. The first-order chi connectivity index (χ1) is 14.6. The standard InChI is InChI=1S/C22H25N5O3/c23-21-9-6-17(13-26-21)20(28)14-24-12-10-16-4-7-18(8-5-16)27-22(29)30-15-19-3-1-2-11-25-19/h1-9,11,13,20,24,28H,10,12,14-15H2,(H2,23,26)(H,27,29)/p+2. The van der Waals surface area contributed by atoms with Crippen molar-refractivity contribution in [3.8, 4) is 0 Å². The number of carbonyl (C=O) groups excluding carboxylic acids is 1. The molecule has 156 valence electrons. The number of H-pyrrole nitrogens is 1. The lowest BCUT2D eigenvalue weighted by Crippen LogP contribution is -2.85. The second kappa shape index (κ2) is 10.9. The summed E-state index contributed by atoms with van der Waals surface area (Å²) in [5.74, 6) is 0.564. The molecule has 1 aromatic carbocycles. The fourth-order valence-corrected chi connectivity index (χ4v) is 2.87. The largest absolute Gasteiger partial charge is 0.443 e. The number of quaternary nitrogens is 1. The molecule has 3 rings (SSSR count). The van der Waals surface area contributed by atoms with Crippen LogP contribution in [0.5, 0.6) is 0 Å². The summed E-state index contributed by atoms with van der Waals surface area (Å²) in [6.45, 7) is 1.54. The Kier molecular flexibility index (Phi) is 7.71. The van der Waals surface area contributed by atoms with Crippen LogP contribution in [0.25, 0.3) is 0 Å². The summed E-state index contributed by atoms with van der Waals surface area (Å²) in [5, 5.41) is 15.0. The minimum atomic E-state index is -0.550. The highest BCUT2D eigenvalue weighted by Crippen LogP contribution is 2.11. The van der Waals surface area contributed by atoms with E-state index in [4.69, 9.17) is 10.5 Å². The van der Waals surface area contributed by atoms with Crippen molar-refractivity contribution in [2.45, 2.75) is 19.1 Å². The predicted octanol–water partition coefficient (Wildman–Crippen LogP) is 1.07. The van der Waals surface area contributed by atoms with Gasteiger partial charge in [-0.1, -0.05) is 18.2 Å². The second-order valence-electron chi connectivity index (χ2n) is 6.88. The van der Waals surface area contributed by atoms with E-state index in [1.807, 2.05) is 42.5 Å². The van der Waals surface area contributed by atoms with Gasteiger partial charge in [-0.25, -0.2) is 9.78 Å². The highest BCUT2D eigenvalue weighted by Gasteiger charge is 2.11. The van der Waals surface area contributed by atoms with Crippen molar-refractivity contribution in [2.24, 2.45) is 0 Å². The van der Waals surface area contributed by atoms with Gasteiger partial charge in [-0.05, 0) is 35.9 Å². The van der Waals surface area contributed by atoms with Crippen molar-refractivity contribution < 1.29 is 24.9 Å². The van der Waals surface area contributed by atoms with Crippen molar-refractivity contribution in [3.63, 3.8) is 0 Å². The number of nitrogen functional groups attached to an aromatic ring is 1. The maximum atomic E-state index is 11.9.